The Kier molecular flexibility index (Phi) is 5.30. The maximum absolute atomic E-state index is 12.5. The molecular weight excluding hydrogens is 356 g/mol. The fraction of sp³-hybridized carbons (Fsp3) is 0.364. The number of hydrogen-bond donors (Lipinski definition) is 1. The maximum atomic E-state index is 12.5. The van der Waals surface area contributed by atoms with Crippen LogP contribution in [0.5, 0.6) is 11.5 Å². The second kappa shape index (κ2) is 8.02. The van der Waals surface area contributed by atoms with E-state index in [-0.39, 0.29) is 17.7 Å². The number of likely N-dealkylation sites (tertiary alicyclic amines) is 1. The molecule has 0 spiro atoms. The van der Waals surface area contributed by atoms with Crippen molar-refractivity contribution in [3.63, 3.8) is 0 Å². The Morgan fingerprint density at radius 1 is 1.07 bits per heavy atom. The van der Waals surface area contributed by atoms with Gasteiger partial charge in [-0.1, -0.05) is 6.07 Å². The van der Waals surface area contributed by atoms with E-state index in [0.717, 1.165) is 36.4 Å². The number of anilines is 1. The van der Waals surface area contributed by atoms with Crippen LogP contribution in [0.25, 0.3) is 0 Å². The quantitative estimate of drug-likeness (QED) is 0.805. The Bertz CT molecular complexity index is 879. The molecule has 0 saturated carbocycles. The van der Waals surface area contributed by atoms with Gasteiger partial charge in [-0.3, -0.25) is 14.5 Å². The Balaban J connectivity index is 1.41. The fourth-order valence-corrected chi connectivity index (χ4v) is 3.83. The number of ketones is 1. The van der Waals surface area contributed by atoms with E-state index in [1.54, 1.807) is 24.3 Å². The highest BCUT2D eigenvalue weighted by Crippen LogP contribution is 2.37. The third-order valence-corrected chi connectivity index (χ3v) is 5.24. The number of ether oxygens (including phenoxy) is 2. The maximum Gasteiger partial charge on any atom is 0.238 e. The lowest BCUT2D eigenvalue weighted by Gasteiger charge is -2.26. The molecule has 0 bridgehead atoms. The van der Waals surface area contributed by atoms with E-state index in [9.17, 15) is 9.59 Å². The molecule has 0 radical (unpaired) electrons. The van der Waals surface area contributed by atoms with Gasteiger partial charge in [-0.15, -0.1) is 0 Å². The van der Waals surface area contributed by atoms with Crippen LogP contribution in [0, 0.1) is 0 Å². The number of carbonyl (C=O) groups is 2. The predicted molar refractivity (Wildman–Crippen MR) is 106 cm³/mol. The highest BCUT2D eigenvalue weighted by Gasteiger charge is 2.28. The molecule has 4 rings (SSSR count). The van der Waals surface area contributed by atoms with Crippen molar-refractivity contribution < 1.29 is 19.1 Å². The molecule has 2 aliphatic heterocycles. The van der Waals surface area contributed by atoms with E-state index in [2.05, 4.69) is 16.3 Å². The lowest BCUT2D eigenvalue weighted by Crippen LogP contribution is -2.33. The summed E-state index contributed by atoms with van der Waals surface area (Å²) in [5.74, 6) is 1.52. The van der Waals surface area contributed by atoms with Crippen molar-refractivity contribution >= 4 is 17.4 Å². The second-order valence-electron chi connectivity index (χ2n) is 7.21. The first-order valence-electron chi connectivity index (χ1n) is 9.64. The van der Waals surface area contributed by atoms with Crippen LogP contribution in [-0.2, 0) is 4.79 Å². The van der Waals surface area contributed by atoms with Crippen LogP contribution < -0.4 is 14.8 Å². The van der Waals surface area contributed by atoms with Crippen LogP contribution in [0.1, 0.15) is 41.7 Å². The van der Waals surface area contributed by atoms with Crippen molar-refractivity contribution in [3.05, 3.63) is 53.6 Å². The van der Waals surface area contributed by atoms with Gasteiger partial charge in [0, 0.05) is 17.3 Å². The largest absolute Gasteiger partial charge is 0.486 e. The number of amides is 1. The number of Topliss-reactive ketones (excluding diaryl/α,β-unsaturated/α-hetero) is 1. The van der Waals surface area contributed by atoms with E-state index in [1.165, 1.54) is 6.92 Å². The minimum atomic E-state index is -0.0555. The van der Waals surface area contributed by atoms with Gasteiger partial charge < -0.3 is 14.8 Å². The lowest BCUT2D eigenvalue weighted by molar-refractivity contribution is -0.117. The molecule has 1 atom stereocenters. The third-order valence-electron chi connectivity index (χ3n) is 5.24. The Morgan fingerprint density at radius 2 is 1.82 bits per heavy atom. The van der Waals surface area contributed by atoms with Crippen LogP contribution >= 0.6 is 0 Å². The summed E-state index contributed by atoms with van der Waals surface area (Å²) >= 11 is 0. The zero-order valence-electron chi connectivity index (χ0n) is 15.9. The molecule has 0 aromatic heterocycles. The Morgan fingerprint density at radius 3 is 2.57 bits per heavy atom. The SMILES string of the molecule is CC(=O)c1ccc(NC(=O)CN2CCC[C@H]2c2ccc3c(c2)OCCO3)cc1. The molecule has 2 aliphatic rings. The molecule has 146 valence electrons. The van der Waals surface area contributed by atoms with Crippen LogP contribution in [0.15, 0.2) is 42.5 Å². The Labute approximate surface area is 164 Å². The normalized spacial score (nSPS) is 18.7. The van der Waals surface area contributed by atoms with E-state index < -0.39 is 0 Å². The highest BCUT2D eigenvalue weighted by molar-refractivity contribution is 5.96. The minimum absolute atomic E-state index is 0.0113. The average molecular weight is 380 g/mol. The van der Waals surface area contributed by atoms with Crippen molar-refractivity contribution in [1.29, 1.82) is 0 Å². The first kappa shape index (κ1) is 18.5. The summed E-state index contributed by atoms with van der Waals surface area (Å²) in [6.07, 6.45) is 2.07. The van der Waals surface area contributed by atoms with Gasteiger partial charge >= 0.3 is 0 Å². The number of nitrogens with one attached hydrogen (secondary N) is 1. The van der Waals surface area contributed by atoms with Crippen molar-refractivity contribution in [2.45, 2.75) is 25.8 Å². The molecule has 6 heteroatoms. The topological polar surface area (TPSA) is 67.9 Å². The number of fused-ring (bicyclic) bond motifs is 1. The summed E-state index contributed by atoms with van der Waals surface area (Å²) in [7, 11) is 0. The number of hydrogen-bond acceptors (Lipinski definition) is 5. The van der Waals surface area contributed by atoms with Crippen LogP contribution in [0.2, 0.25) is 0 Å². The summed E-state index contributed by atoms with van der Waals surface area (Å²) < 4.78 is 11.3. The van der Waals surface area contributed by atoms with Gasteiger partial charge in [0.25, 0.3) is 0 Å². The van der Waals surface area contributed by atoms with Gasteiger partial charge in [0.15, 0.2) is 17.3 Å². The predicted octanol–water partition coefficient (Wildman–Crippen LogP) is 3.44. The summed E-state index contributed by atoms with van der Waals surface area (Å²) in [6, 6.07) is 13.2. The van der Waals surface area contributed by atoms with Gasteiger partial charge in [0.05, 0.1) is 6.54 Å². The number of benzene rings is 2. The third kappa shape index (κ3) is 4.02. The molecule has 0 unspecified atom stereocenters. The zero-order chi connectivity index (χ0) is 19.5. The van der Waals surface area contributed by atoms with Crippen LogP contribution in [0.3, 0.4) is 0 Å². The molecule has 1 N–H and O–H groups in total. The van der Waals surface area contributed by atoms with Gasteiger partial charge in [-0.2, -0.15) is 0 Å². The van der Waals surface area contributed by atoms with Crippen molar-refractivity contribution in [3.8, 4) is 11.5 Å². The van der Waals surface area contributed by atoms with Gasteiger partial charge in [0.2, 0.25) is 5.91 Å². The standard InChI is InChI=1S/C22H24N2O4/c1-15(25)16-4-7-18(8-5-16)23-22(26)14-24-10-2-3-19(24)17-6-9-20-21(13-17)28-12-11-27-20/h4-9,13,19H,2-3,10-12,14H2,1H3,(H,23,26)/t19-/m0/s1. The van der Waals surface area contributed by atoms with Crippen LogP contribution in [0.4, 0.5) is 5.69 Å². The molecule has 2 heterocycles. The zero-order valence-corrected chi connectivity index (χ0v) is 15.9. The van der Waals surface area contributed by atoms with E-state index >= 15 is 0 Å². The van der Waals surface area contributed by atoms with Gasteiger partial charge in [0.1, 0.15) is 13.2 Å². The fourth-order valence-electron chi connectivity index (χ4n) is 3.83. The highest BCUT2D eigenvalue weighted by atomic mass is 16.6. The first-order chi connectivity index (χ1) is 13.6. The summed E-state index contributed by atoms with van der Waals surface area (Å²) in [4.78, 5) is 26.1. The molecule has 0 aliphatic carbocycles. The Hall–Kier alpha value is -2.86. The van der Waals surface area contributed by atoms with Gasteiger partial charge in [-0.05, 0) is 68.3 Å². The number of nitrogens with zero attached hydrogens (tertiary/aromatic N) is 1. The summed E-state index contributed by atoms with van der Waals surface area (Å²) in [6.45, 7) is 3.88. The van der Waals surface area contributed by atoms with E-state index in [1.807, 2.05) is 12.1 Å². The van der Waals surface area contributed by atoms with Crippen molar-refractivity contribution in [2.24, 2.45) is 0 Å². The monoisotopic (exact) mass is 380 g/mol. The first-order valence-corrected chi connectivity index (χ1v) is 9.64. The summed E-state index contributed by atoms with van der Waals surface area (Å²) in [5, 5.41) is 2.92. The smallest absolute Gasteiger partial charge is 0.238 e. The molecule has 2 aromatic carbocycles. The van der Waals surface area contributed by atoms with E-state index in [0.29, 0.717) is 31.0 Å². The second-order valence-corrected chi connectivity index (χ2v) is 7.21. The van der Waals surface area contributed by atoms with Crippen molar-refractivity contribution in [1.82, 2.24) is 4.90 Å². The summed E-state index contributed by atoms with van der Waals surface area (Å²) in [5.41, 5.74) is 2.49. The average Bonchev–Trinajstić information content (AvgIpc) is 3.16. The van der Waals surface area contributed by atoms with Crippen molar-refractivity contribution in [2.75, 3.05) is 31.6 Å². The van der Waals surface area contributed by atoms with Gasteiger partial charge in [-0.25, -0.2) is 0 Å². The molecule has 1 saturated heterocycles. The molecule has 2 aromatic rings. The van der Waals surface area contributed by atoms with E-state index in [4.69, 9.17) is 9.47 Å². The lowest BCUT2D eigenvalue weighted by atomic mass is 10.0. The molecular formula is C22H24N2O4. The molecule has 6 nitrogen and oxygen atoms in total. The van der Waals surface area contributed by atoms with Crippen LogP contribution in [-0.4, -0.2) is 42.9 Å². The minimum Gasteiger partial charge on any atom is -0.486 e. The number of carbonyl (C=O) groups excluding carboxylic acids is 2. The number of rotatable bonds is 5. The molecule has 1 amide bonds. The molecule has 1 fully saturated rings. The molecule has 28 heavy (non-hydrogen) atoms.